The number of ether oxygens (including phenoxy) is 1. The molecule has 1 unspecified atom stereocenters. The van der Waals surface area contributed by atoms with E-state index < -0.39 is 0 Å². The van der Waals surface area contributed by atoms with E-state index in [2.05, 4.69) is 0 Å². The van der Waals surface area contributed by atoms with Crippen molar-refractivity contribution in [1.82, 2.24) is 5.06 Å². The highest BCUT2D eigenvalue weighted by Crippen LogP contribution is 2.08. The van der Waals surface area contributed by atoms with Gasteiger partial charge in [0.2, 0.25) is 0 Å². The molecule has 3 heteroatoms. The molecule has 12 heavy (non-hydrogen) atoms. The molecule has 0 aromatic rings. The van der Waals surface area contributed by atoms with Crippen LogP contribution in [0.5, 0.6) is 0 Å². The predicted molar refractivity (Wildman–Crippen MR) is 47.8 cm³/mol. The molecule has 0 aromatic heterocycles. The smallest absolute Gasteiger partial charge is 0.0944 e. The molecule has 1 heterocycles. The van der Waals surface area contributed by atoms with Gasteiger partial charge in [-0.25, -0.2) is 0 Å². The topological polar surface area (TPSA) is 21.7 Å². The zero-order valence-electron chi connectivity index (χ0n) is 8.08. The first-order valence-electron chi connectivity index (χ1n) is 4.82. The van der Waals surface area contributed by atoms with Gasteiger partial charge in [0.05, 0.1) is 12.7 Å². The predicted octanol–water partition coefficient (Wildman–Crippen LogP) is 1.44. The third-order valence-corrected chi connectivity index (χ3v) is 2.01. The number of hydrogen-bond acceptors (Lipinski definition) is 3. The van der Waals surface area contributed by atoms with Crippen molar-refractivity contribution in [2.45, 2.75) is 32.8 Å². The van der Waals surface area contributed by atoms with Crippen molar-refractivity contribution >= 4 is 0 Å². The van der Waals surface area contributed by atoms with Crippen LogP contribution in [0.15, 0.2) is 0 Å². The minimum absolute atomic E-state index is 0.218. The lowest BCUT2D eigenvalue weighted by Gasteiger charge is -2.18. The Morgan fingerprint density at radius 1 is 1.33 bits per heavy atom. The summed E-state index contributed by atoms with van der Waals surface area (Å²) in [6.07, 6.45) is 2.75. The van der Waals surface area contributed by atoms with Crippen LogP contribution in [0.4, 0.5) is 0 Å². The summed E-state index contributed by atoms with van der Waals surface area (Å²) in [5, 5.41) is 2.04. The van der Waals surface area contributed by atoms with Crippen LogP contribution in [0, 0.1) is 0 Å². The van der Waals surface area contributed by atoms with Gasteiger partial charge < -0.3 is 4.74 Å². The molecule has 1 aliphatic heterocycles. The van der Waals surface area contributed by atoms with Crippen molar-refractivity contribution in [2.75, 3.05) is 26.3 Å². The zero-order valence-corrected chi connectivity index (χ0v) is 8.08. The Hall–Kier alpha value is -0.120. The fraction of sp³-hybridized carbons (Fsp3) is 1.00. The third-order valence-electron chi connectivity index (χ3n) is 2.01. The summed E-state index contributed by atoms with van der Waals surface area (Å²) < 4.78 is 5.35. The van der Waals surface area contributed by atoms with Crippen molar-refractivity contribution in [2.24, 2.45) is 0 Å². The Labute approximate surface area is 74.6 Å². The lowest BCUT2D eigenvalue weighted by molar-refractivity contribution is -0.168. The summed E-state index contributed by atoms with van der Waals surface area (Å²) in [4.78, 5) is 5.53. The summed E-state index contributed by atoms with van der Waals surface area (Å²) in [7, 11) is 0. The number of nitrogens with zero attached hydrogens (tertiary/aromatic N) is 1. The van der Waals surface area contributed by atoms with Gasteiger partial charge in [-0.3, -0.25) is 4.84 Å². The van der Waals surface area contributed by atoms with E-state index in [4.69, 9.17) is 9.57 Å². The lowest BCUT2D eigenvalue weighted by Crippen LogP contribution is -2.26. The van der Waals surface area contributed by atoms with E-state index in [1.54, 1.807) is 0 Å². The molecule has 1 aliphatic rings. The molecule has 0 bridgehead atoms. The van der Waals surface area contributed by atoms with Gasteiger partial charge in [0.1, 0.15) is 0 Å². The molecule has 0 spiro atoms. The van der Waals surface area contributed by atoms with Crippen LogP contribution in [0.3, 0.4) is 0 Å². The van der Waals surface area contributed by atoms with Crippen LogP contribution < -0.4 is 0 Å². The average molecular weight is 173 g/mol. The van der Waals surface area contributed by atoms with Crippen LogP contribution in [-0.2, 0) is 9.57 Å². The largest absolute Gasteiger partial charge is 0.376 e. The third kappa shape index (κ3) is 3.52. The van der Waals surface area contributed by atoms with Gasteiger partial charge in [-0.1, -0.05) is 0 Å². The van der Waals surface area contributed by atoms with Crippen molar-refractivity contribution < 1.29 is 9.57 Å². The molecule has 1 atom stereocenters. The van der Waals surface area contributed by atoms with Crippen molar-refractivity contribution in [3.05, 3.63) is 0 Å². The maximum absolute atomic E-state index is 5.53. The number of hydrogen-bond donors (Lipinski definition) is 0. The molecule has 0 saturated carbocycles. The van der Waals surface area contributed by atoms with Crippen molar-refractivity contribution in [3.8, 4) is 0 Å². The number of hydroxylamine groups is 2. The summed E-state index contributed by atoms with van der Waals surface area (Å²) in [5.74, 6) is 0. The second kappa shape index (κ2) is 5.51. The summed E-state index contributed by atoms with van der Waals surface area (Å²) >= 11 is 0. The normalized spacial score (nSPS) is 21.5. The van der Waals surface area contributed by atoms with E-state index in [1.807, 2.05) is 18.9 Å². The molecule has 3 nitrogen and oxygen atoms in total. The van der Waals surface area contributed by atoms with Crippen LogP contribution in [-0.4, -0.2) is 37.5 Å². The monoisotopic (exact) mass is 173 g/mol. The Kier molecular flexibility index (Phi) is 4.58. The molecule has 1 fully saturated rings. The van der Waals surface area contributed by atoms with Crippen LogP contribution >= 0.6 is 0 Å². The zero-order chi connectivity index (χ0) is 8.81. The first kappa shape index (κ1) is 9.96. The fourth-order valence-corrected chi connectivity index (χ4v) is 1.36. The van der Waals surface area contributed by atoms with Crippen LogP contribution in [0.2, 0.25) is 0 Å². The number of rotatable bonds is 5. The molecule has 0 radical (unpaired) electrons. The second-order valence-electron chi connectivity index (χ2n) is 3.20. The molecule has 0 amide bonds. The Bertz CT molecular complexity index is 113. The lowest BCUT2D eigenvalue weighted by atomic mass is 10.4. The van der Waals surface area contributed by atoms with E-state index in [9.17, 15) is 0 Å². The highest BCUT2D eigenvalue weighted by Gasteiger charge is 2.12. The molecule has 0 aliphatic carbocycles. The Balaban J connectivity index is 1.99. The van der Waals surface area contributed by atoms with Crippen molar-refractivity contribution in [3.63, 3.8) is 0 Å². The van der Waals surface area contributed by atoms with Gasteiger partial charge in [-0.05, 0) is 26.7 Å². The molecular weight excluding hydrogens is 154 g/mol. The standard InChI is InChI=1S/C9H19NO2/c1-3-11-9(2)8-12-10-6-4-5-7-10/h9H,3-8H2,1-2H3. The molecular formula is C9H19NO2. The van der Waals surface area contributed by atoms with Crippen molar-refractivity contribution in [1.29, 1.82) is 0 Å². The highest BCUT2D eigenvalue weighted by molar-refractivity contribution is 4.57. The van der Waals surface area contributed by atoms with E-state index in [-0.39, 0.29) is 6.10 Å². The first-order chi connectivity index (χ1) is 5.83. The summed E-state index contributed by atoms with van der Waals surface area (Å²) in [6.45, 7) is 7.67. The Morgan fingerprint density at radius 2 is 2.00 bits per heavy atom. The molecule has 1 saturated heterocycles. The fourth-order valence-electron chi connectivity index (χ4n) is 1.36. The van der Waals surface area contributed by atoms with Gasteiger partial charge in [-0.15, -0.1) is 0 Å². The van der Waals surface area contributed by atoms with Crippen LogP contribution in [0.25, 0.3) is 0 Å². The van der Waals surface area contributed by atoms with Gasteiger partial charge >= 0.3 is 0 Å². The molecule has 0 aromatic carbocycles. The second-order valence-corrected chi connectivity index (χ2v) is 3.20. The van der Waals surface area contributed by atoms with Crippen LogP contribution in [0.1, 0.15) is 26.7 Å². The summed E-state index contributed by atoms with van der Waals surface area (Å²) in [6, 6.07) is 0. The molecule has 72 valence electrons. The van der Waals surface area contributed by atoms with Gasteiger partial charge in [0.15, 0.2) is 0 Å². The molecule has 1 rings (SSSR count). The molecule has 0 N–H and O–H groups in total. The maximum Gasteiger partial charge on any atom is 0.0944 e. The minimum Gasteiger partial charge on any atom is -0.376 e. The van der Waals surface area contributed by atoms with Gasteiger partial charge in [0, 0.05) is 19.7 Å². The minimum atomic E-state index is 0.218. The first-order valence-corrected chi connectivity index (χ1v) is 4.82. The van der Waals surface area contributed by atoms with Gasteiger partial charge in [0.25, 0.3) is 0 Å². The maximum atomic E-state index is 5.53. The van der Waals surface area contributed by atoms with E-state index in [1.165, 1.54) is 12.8 Å². The van der Waals surface area contributed by atoms with E-state index in [0.717, 1.165) is 19.7 Å². The van der Waals surface area contributed by atoms with E-state index in [0.29, 0.717) is 6.61 Å². The quantitative estimate of drug-likeness (QED) is 0.628. The average Bonchev–Trinajstić information content (AvgIpc) is 2.53. The SMILES string of the molecule is CCOC(C)CON1CCCC1. The summed E-state index contributed by atoms with van der Waals surface area (Å²) in [5.41, 5.74) is 0. The van der Waals surface area contributed by atoms with Gasteiger partial charge in [-0.2, -0.15) is 5.06 Å². The Morgan fingerprint density at radius 3 is 2.58 bits per heavy atom. The van der Waals surface area contributed by atoms with E-state index >= 15 is 0 Å². The highest BCUT2D eigenvalue weighted by atomic mass is 16.7.